The Kier molecular flexibility index (Phi) is 3.77. The molecule has 0 saturated heterocycles. The maximum absolute atomic E-state index is 13.5. The van der Waals surface area contributed by atoms with Crippen molar-refractivity contribution in [2.75, 3.05) is 0 Å². The van der Waals surface area contributed by atoms with Gasteiger partial charge in [-0.2, -0.15) is 0 Å². The molecule has 0 N–H and O–H groups in total. The summed E-state index contributed by atoms with van der Waals surface area (Å²) in [6.07, 6.45) is 4.33. The van der Waals surface area contributed by atoms with E-state index in [0.717, 1.165) is 6.42 Å². The van der Waals surface area contributed by atoms with Crippen LogP contribution in [0.4, 0.5) is 4.39 Å². The molecule has 0 bridgehead atoms. The molecule has 1 aromatic heterocycles. The van der Waals surface area contributed by atoms with E-state index in [-0.39, 0.29) is 5.78 Å². The van der Waals surface area contributed by atoms with Crippen LogP contribution in [0.2, 0.25) is 0 Å². The van der Waals surface area contributed by atoms with Crippen molar-refractivity contribution in [3.8, 4) is 11.4 Å². The van der Waals surface area contributed by atoms with E-state index < -0.39 is 5.82 Å². The van der Waals surface area contributed by atoms with Gasteiger partial charge in [0.25, 0.3) is 0 Å². The molecule has 0 unspecified atom stereocenters. The van der Waals surface area contributed by atoms with Crippen molar-refractivity contribution < 1.29 is 9.18 Å². The number of rotatable bonds is 4. The van der Waals surface area contributed by atoms with Gasteiger partial charge in [0.2, 0.25) is 0 Å². The SMILES string of the molecule is CCCC(=O)c1cc(F)cc(-c2ncccn2)c1. The van der Waals surface area contributed by atoms with Gasteiger partial charge in [0.05, 0.1) is 0 Å². The van der Waals surface area contributed by atoms with E-state index in [1.165, 1.54) is 12.1 Å². The van der Waals surface area contributed by atoms with E-state index >= 15 is 0 Å². The lowest BCUT2D eigenvalue weighted by Gasteiger charge is -2.04. The molecule has 2 aromatic rings. The van der Waals surface area contributed by atoms with Crippen molar-refractivity contribution in [1.29, 1.82) is 0 Å². The second-order valence-electron chi connectivity index (χ2n) is 3.97. The topological polar surface area (TPSA) is 42.9 Å². The maximum Gasteiger partial charge on any atom is 0.162 e. The summed E-state index contributed by atoms with van der Waals surface area (Å²) in [7, 11) is 0. The molecule has 18 heavy (non-hydrogen) atoms. The van der Waals surface area contributed by atoms with E-state index in [9.17, 15) is 9.18 Å². The lowest BCUT2D eigenvalue weighted by Crippen LogP contribution is -2.00. The Morgan fingerprint density at radius 1 is 1.22 bits per heavy atom. The number of ketones is 1. The standard InChI is InChI=1S/C14H13FN2O/c1-2-4-13(18)10-7-11(9-12(15)8-10)14-16-5-3-6-17-14/h3,5-9H,2,4H2,1H3. The molecule has 2 rings (SSSR count). The first kappa shape index (κ1) is 12.4. The molecule has 0 aliphatic carbocycles. The summed E-state index contributed by atoms with van der Waals surface area (Å²) in [4.78, 5) is 19.9. The van der Waals surface area contributed by atoms with E-state index in [1.807, 2.05) is 6.92 Å². The van der Waals surface area contributed by atoms with E-state index in [1.54, 1.807) is 24.5 Å². The fourth-order valence-corrected chi connectivity index (χ4v) is 1.70. The molecule has 92 valence electrons. The summed E-state index contributed by atoms with van der Waals surface area (Å²) in [5.41, 5.74) is 0.898. The number of nitrogens with zero attached hydrogens (tertiary/aromatic N) is 2. The monoisotopic (exact) mass is 244 g/mol. The van der Waals surface area contributed by atoms with Crippen LogP contribution in [-0.2, 0) is 0 Å². The van der Waals surface area contributed by atoms with E-state index in [4.69, 9.17) is 0 Å². The second-order valence-corrected chi connectivity index (χ2v) is 3.97. The molecule has 0 spiro atoms. The Hall–Kier alpha value is -2.10. The van der Waals surface area contributed by atoms with Gasteiger partial charge in [-0.15, -0.1) is 0 Å². The van der Waals surface area contributed by atoms with Crippen molar-refractivity contribution >= 4 is 5.78 Å². The van der Waals surface area contributed by atoms with Gasteiger partial charge in [0.1, 0.15) is 5.82 Å². The van der Waals surface area contributed by atoms with Gasteiger partial charge < -0.3 is 0 Å². The minimum absolute atomic E-state index is 0.0609. The van der Waals surface area contributed by atoms with Crippen LogP contribution >= 0.6 is 0 Å². The quantitative estimate of drug-likeness (QED) is 0.775. The Morgan fingerprint density at radius 2 is 1.94 bits per heavy atom. The Morgan fingerprint density at radius 3 is 2.61 bits per heavy atom. The predicted molar refractivity (Wildman–Crippen MR) is 66.7 cm³/mol. The molecule has 0 atom stereocenters. The summed E-state index contributed by atoms with van der Waals surface area (Å²) >= 11 is 0. The molecule has 0 aliphatic rings. The maximum atomic E-state index is 13.5. The molecule has 0 radical (unpaired) electrons. The highest BCUT2D eigenvalue weighted by molar-refractivity contribution is 5.97. The Balaban J connectivity index is 2.41. The minimum Gasteiger partial charge on any atom is -0.294 e. The highest BCUT2D eigenvalue weighted by Gasteiger charge is 2.10. The van der Waals surface area contributed by atoms with Crippen molar-refractivity contribution in [1.82, 2.24) is 9.97 Å². The number of hydrogen-bond donors (Lipinski definition) is 0. The third-order valence-electron chi connectivity index (χ3n) is 2.52. The molecule has 0 fully saturated rings. The van der Waals surface area contributed by atoms with Gasteiger partial charge in [-0.1, -0.05) is 6.92 Å². The zero-order chi connectivity index (χ0) is 13.0. The van der Waals surface area contributed by atoms with Crippen LogP contribution in [0.5, 0.6) is 0 Å². The van der Waals surface area contributed by atoms with Crippen molar-refractivity contribution in [3.63, 3.8) is 0 Å². The fraction of sp³-hybridized carbons (Fsp3) is 0.214. The zero-order valence-corrected chi connectivity index (χ0v) is 10.1. The lowest BCUT2D eigenvalue weighted by molar-refractivity contribution is 0.0981. The second kappa shape index (κ2) is 5.49. The molecule has 0 aliphatic heterocycles. The third-order valence-corrected chi connectivity index (χ3v) is 2.52. The summed E-state index contributed by atoms with van der Waals surface area (Å²) in [5.74, 6) is -0.0869. The summed E-state index contributed by atoms with van der Waals surface area (Å²) < 4.78 is 13.5. The van der Waals surface area contributed by atoms with Gasteiger partial charge in [-0.25, -0.2) is 14.4 Å². The number of aromatic nitrogens is 2. The van der Waals surface area contributed by atoms with E-state index in [2.05, 4.69) is 9.97 Å². The number of benzene rings is 1. The summed E-state index contributed by atoms with van der Waals surface area (Å²) in [6.45, 7) is 1.92. The van der Waals surface area contributed by atoms with Gasteiger partial charge in [0.15, 0.2) is 11.6 Å². The first-order valence-corrected chi connectivity index (χ1v) is 5.82. The van der Waals surface area contributed by atoms with Crippen LogP contribution in [0.25, 0.3) is 11.4 Å². The van der Waals surface area contributed by atoms with Crippen molar-refractivity contribution in [2.45, 2.75) is 19.8 Å². The summed E-state index contributed by atoms with van der Waals surface area (Å²) in [5, 5.41) is 0. The Bertz CT molecular complexity index is 555. The molecule has 1 heterocycles. The molecule has 1 aromatic carbocycles. The minimum atomic E-state index is -0.445. The number of hydrogen-bond acceptors (Lipinski definition) is 3. The van der Waals surface area contributed by atoms with Gasteiger partial charge >= 0.3 is 0 Å². The predicted octanol–water partition coefficient (Wildman–Crippen LogP) is 3.27. The number of Topliss-reactive ketones (excluding diaryl/α,β-unsaturated/α-hetero) is 1. The van der Waals surface area contributed by atoms with Crippen molar-refractivity contribution in [2.24, 2.45) is 0 Å². The normalized spacial score (nSPS) is 10.3. The lowest BCUT2D eigenvalue weighted by atomic mass is 10.0. The van der Waals surface area contributed by atoms with Crippen LogP contribution in [0.1, 0.15) is 30.1 Å². The van der Waals surface area contributed by atoms with Gasteiger partial charge in [0, 0.05) is 29.9 Å². The smallest absolute Gasteiger partial charge is 0.162 e. The highest BCUT2D eigenvalue weighted by Crippen LogP contribution is 2.19. The average molecular weight is 244 g/mol. The van der Waals surface area contributed by atoms with Gasteiger partial charge in [-0.3, -0.25) is 4.79 Å². The van der Waals surface area contributed by atoms with Crippen LogP contribution in [-0.4, -0.2) is 15.8 Å². The van der Waals surface area contributed by atoms with Crippen molar-refractivity contribution in [3.05, 3.63) is 48.0 Å². The van der Waals surface area contributed by atoms with Crippen LogP contribution in [0.3, 0.4) is 0 Å². The molecule has 3 nitrogen and oxygen atoms in total. The zero-order valence-electron chi connectivity index (χ0n) is 10.1. The molecular formula is C14H13FN2O. The molecule has 0 saturated carbocycles. The average Bonchev–Trinajstić information content (AvgIpc) is 2.39. The fourth-order valence-electron chi connectivity index (χ4n) is 1.70. The van der Waals surface area contributed by atoms with Crippen LogP contribution < -0.4 is 0 Å². The number of carbonyl (C=O) groups excluding carboxylic acids is 1. The van der Waals surface area contributed by atoms with Gasteiger partial charge in [-0.05, 0) is 30.7 Å². The number of halogens is 1. The summed E-state index contributed by atoms with van der Waals surface area (Å²) in [6, 6.07) is 5.91. The van der Waals surface area contributed by atoms with Crippen LogP contribution in [0, 0.1) is 5.82 Å². The Labute approximate surface area is 105 Å². The molecular weight excluding hydrogens is 231 g/mol. The first-order chi connectivity index (χ1) is 8.70. The highest BCUT2D eigenvalue weighted by atomic mass is 19.1. The van der Waals surface area contributed by atoms with E-state index in [0.29, 0.717) is 23.4 Å². The third kappa shape index (κ3) is 2.77. The number of carbonyl (C=O) groups is 1. The first-order valence-electron chi connectivity index (χ1n) is 5.82. The van der Waals surface area contributed by atoms with Crippen LogP contribution in [0.15, 0.2) is 36.7 Å². The molecule has 4 heteroatoms. The largest absolute Gasteiger partial charge is 0.294 e. The molecule has 0 amide bonds.